The number of hydrogen-bond donors (Lipinski definition) is 3. The molecule has 4 N–H and O–H groups in total. The average Bonchev–Trinajstić information content (AvgIpc) is 1.65. The van der Waals surface area contributed by atoms with E-state index in [1.165, 1.54) is 0 Å². The fourth-order valence-electron chi connectivity index (χ4n) is 0.0430. The van der Waals surface area contributed by atoms with Crippen LogP contribution in [0.5, 0.6) is 0 Å². The van der Waals surface area contributed by atoms with Crippen LogP contribution in [0.3, 0.4) is 0 Å². The standard InChI is InChI=1S/C2H8N2S2/c3-2(1-5)6-4/h2,5H,1,3-4H2/t2-/m1/s1. The summed E-state index contributed by atoms with van der Waals surface area (Å²) < 4.78 is 0. The first-order chi connectivity index (χ1) is 2.81. The van der Waals surface area contributed by atoms with Gasteiger partial charge in [0.1, 0.15) is 0 Å². The lowest BCUT2D eigenvalue weighted by Crippen LogP contribution is -2.18. The van der Waals surface area contributed by atoms with Gasteiger partial charge in [-0.25, -0.2) is 0 Å². The fraction of sp³-hybridized carbons (Fsp3) is 1.00. The molecule has 0 saturated heterocycles. The van der Waals surface area contributed by atoms with Crippen LogP contribution in [0.15, 0.2) is 0 Å². The smallest absolute Gasteiger partial charge is 0.0740 e. The first-order valence-electron chi connectivity index (χ1n) is 1.53. The zero-order valence-corrected chi connectivity index (χ0v) is 5.01. The van der Waals surface area contributed by atoms with E-state index in [4.69, 9.17) is 10.9 Å². The predicted octanol–water partition coefficient (Wildman–Crippen LogP) is -0.192. The molecule has 0 heterocycles. The van der Waals surface area contributed by atoms with E-state index < -0.39 is 0 Å². The first kappa shape index (κ1) is 6.62. The Morgan fingerprint density at radius 2 is 2.33 bits per heavy atom. The van der Waals surface area contributed by atoms with Gasteiger partial charge in [0.05, 0.1) is 5.37 Å². The monoisotopic (exact) mass is 124 g/mol. The van der Waals surface area contributed by atoms with Crippen molar-refractivity contribution in [1.82, 2.24) is 0 Å². The molecule has 0 aromatic carbocycles. The van der Waals surface area contributed by atoms with Gasteiger partial charge in [-0.15, -0.1) is 0 Å². The molecule has 1 atom stereocenters. The highest BCUT2D eigenvalue weighted by Crippen LogP contribution is 1.93. The van der Waals surface area contributed by atoms with Crippen molar-refractivity contribution in [2.75, 3.05) is 5.75 Å². The van der Waals surface area contributed by atoms with Gasteiger partial charge in [0.25, 0.3) is 0 Å². The third-order valence-corrected chi connectivity index (χ3v) is 1.51. The molecule has 0 fully saturated rings. The van der Waals surface area contributed by atoms with E-state index in [1.54, 1.807) is 0 Å². The minimum Gasteiger partial charge on any atom is -0.318 e. The second kappa shape index (κ2) is 3.80. The molecule has 0 aliphatic carbocycles. The maximum atomic E-state index is 5.23. The third-order valence-electron chi connectivity index (χ3n) is 0.355. The summed E-state index contributed by atoms with van der Waals surface area (Å²) >= 11 is 5.00. The minimum atomic E-state index is -0.00617. The van der Waals surface area contributed by atoms with Crippen LogP contribution in [-0.4, -0.2) is 11.1 Å². The minimum absolute atomic E-state index is 0.00617. The van der Waals surface area contributed by atoms with Crippen LogP contribution >= 0.6 is 24.6 Å². The van der Waals surface area contributed by atoms with Gasteiger partial charge in [-0.05, 0) is 0 Å². The van der Waals surface area contributed by atoms with Gasteiger partial charge in [0.15, 0.2) is 0 Å². The largest absolute Gasteiger partial charge is 0.318 e. The van der Waals surface area contributed by atoms with Gasteiger partial charge in [-0.1, -0.05) is 11.9 Å². The molecule has 0 aliphatic heterocycles. The van der Waals surface area contributed by atoms with Crippen LogP contribution in [0.1, 0.15) is 0 Å². The highest BCUT2D eigenvalue weighted by atomic mass is 32.2. The molecule has 0 spiro atoms. The molecule has 6 heavy (non-hydrogen) atoms. The number of hydrogen-bond acceptors (Lipinski definition) is 4. The lowest BCUT2D eigenvalue weighted by Gasteiger charge is -1.98. The number of rotatable bonds is 2. The van der Waals surface area contributed by atoms with E-state index in [0.717, 1.165) is 11.9 Å². The van der Waals surface area contributed by atoms with E-state index in [0.29, 0.717) is 5.75 Å². The van der Waals surface area contributed by atoms with Crippen molar-refractivity contribution in [2.24, 2.45) is 10.9 Å². The molecule has 0 unspecified atom stereocenters. The van der Waals surface area contributed by atoms with Crippen LogP contribution in [0.2, 0.25) is 0 Å². The van der Waals surface area contributed by atoms with E-state index >= 15 is 0 Å². The summed E-state index contributed by atoms with van der Waals surface area (Å²) in [7, 11) is 0. The van der Waals surface area contributed by atoms with Gasteiger partial charge in [0.2, 0.25) is 0 Å². The SMILES string of the molecule is NS[C@@H](N)CS. The van der Waals surface area contributed by atoms with Crippen LogP contribution < -0.4 is 10.9 Å². The van der Waals surface area contributed by atoms with Gasteiger partial charge in [-0.2, -0.15) is 12.6 Å². The van der Waals surface area contributed by atoms with Crippen LogP contribution in [-0.2, 0) is 0 Å². The van der Waals surface area contributed by atoms with Crippen molar-refractivity contribution in [2.45, 2.75) is 5.37 Å². The van der Waals surface area contributed by atoms with Gasteiger partial charge >= 0.3 is 0 Å². The van der Waals surface area contributed by atoms with Crippen molar-refractivity contribution in [3.63, 3.8) is 0 Å². The van der Waals surface area contributed by atoms with Crippen LogP contribution in [0.4, 0.5) is 0 Å². The highest BCUT2D eigenvalue weighted by molar-refractivity contribution is 7.98. The number of nitrogens with two attached hydrogens (primary N) is 2. The average molecular weight is 124 g/mol. The molecule has 0 rings (SSSR count). The zero-order valence-electron chi connectivity index (χ0n) is 3.29. The summed E-state index contributed by atoms with van der Waals surface area (Å²) in [6, 6.07) is 0. The van der Waals surface area contributed by atoms with E-state index in [9.17, 15) is 0 Å². The molecular formula is C2H8N2S2. The molecule has 0 saturated carbocycles. The lowest BCUT2D eigenvalue weighted by atomic mass is 10.8. The zero-order chi connectivity index (χ0) is 4.99. The molecular weight excluding hydrogens is 116 g/mol. The maximum absolute atomic E-state index is 5.23. The first-order valence-corrected chi connectivity index (χ1v) is 3.10. The molecule has 0 aliphatic rings. The van der Waals surface area contributed by atoms with E-state index in [2.05, 4.69) is 12.6 Å². The Bertz CT molecular complexity index is 28.7. The second-order valence-corrected chi connectivity index (χ2v) is 2.10. The molecule has 2 nitrogen and oxygen atoms in total. The van der Waals surface area contributed by atoms with Crippen molar-refractivity contribution in [3.8, 4) is 0 Å². The summed E-state index contributed by atoms with van der Waals surface area (Å²) in [6.07, 6.45) is 0. The molecule has 0 aromatic rings. The predicted molar refractivity (Wildman–Crippen MR) is 33.6 cm³/mol. The number of thiol groups is 1. The Morgan fingerprint density at radius 1 is 1.83 bits per heavy atom. The Hall–Kier alpha value is 0.620. The normalized spacial score (nSPS) is 14.5. The van der Waals surface area contributed by atoms with Crippen molar-refractivity contribution >= 4 is 24.6 Å². The summed E-state index contributed by atoms with van der Waals surface area (Å²) in [5, 5.41) is 5.02. The van der Waals surface area contributed by atoms with Crippen molar-refractivity contribution < 1.29 is 0 Å². The maximum Gasteiger partial charge on any atom is 0.0740 e. The van der Waals surface area contributed by atoms with Crippen LogP contribution in [0.25, 0.3) is 0 Å². The Morgan fingerprint density at radius 3 is 2.33 bits per heavy atom. The Kier molecular flexibility index (Phi) is 4.19. The highest BCUT2D eigenvalue weighted by Gasteiger charge is 1.90. The quantitative estimate of drug-likeness (QED) is 0.272. The molecule has 38 valence electrons. The second-order valence-electron chi connectivity index (χ2n) is 0.857. The van der Waals surface area contributed by atoms with E-state index in [-0.39, 0.29) is 5.37 Å². The summed E-state index contributed by atoms with van der Waals surface area (Å²) in [5.41, 5.74) is 5.23. The molecule has 0 aromatic heterocycles. The summed E-state index contributed by atoms with van der Waals surface area (Å²) in [5.74, 6) is 0.640. The third kappa shape index (κ3) is 2.84. The van der Waals surface area contributed by atoms with Crippen molar-refractivity contribution in [3.05, 3.63) is 0 Å². The lowest BCUT2D eigenvalue weighted by molar-refractivity contribution is 1.07. The summed E-state index contributed by atoms with van der Waals surface area (Å²) in [6.45, 7) is 0. The van der Waals surface area contributed by atoms with Gasteiger partial charge < -0.3 is 5.73 Å². The van der Waals surface area contributed by atoms with Gasteiger partial charge in [0, 0.05) is 5.75 Å². The fourth-order valence-corrected chi connectivity index (χ4v) is 0.387. The molecule has 0 bridgehead atoms. The van der Waals surface area contributed by atoms with Gasteiger partial charge in [-0.3, -0.25) is 5.14 Å². The molecule has 0 radical (unpaired) electrons. The Balaban J connectivity index is 2.75. The molecule has 4 heteroatoms. The Labute approximate surface area is 47.2 Å². The van der Waals surface area contributed by atoms with Crippen molar-refractivity contribution in [1.29, 1.82) is 0 Å². The molecule has 0 amide bonds. The topological polar surface area (TPSA) is 52.0 Å². The van der Waals surface area contributed by atoms with E-state index in [1.807, 2.05) is 0 Å². The summed E-state index contributed by atoms with van der Waals surface area (Å²) in [4.78, 5) is 0. The van der Waals surface area contributed by atoms with Crippen LogP contribution in [0, 0.1) is 0 Å².